The van der Waals surface area contributed by atoms with E-state index in [0.717, 1.165) is 44.8 Å². The molecule has 2 aliphatic rings. The van der Waals surface area contributed by atoms with Gasteiger partial charge in [0.15, 0.2) is 0 Å². The molecule has 2 rings (SSSR count). The number of hydrogen-bond acceptors (Lipinski definition) is 2. The Kier molecular flexibility index (Phi) is 3.91. The zero-order valence-electron chi connectivity index (χ0n) is 10.7. The van der Waals surface area contributed by atoms with Gasteiger partial charge in [0, 0.05) is 13.2 Å². The molecule has 0 aromatic rings. The molecule has 1 aliphatic carbocycles. The van der Waals surface area contributed by atoms with Crippen molar-refractivity contribution in [3.63, 3.8) is 0 Å². The second-order valence-electron chi connectivity index (χ2n) is 6.09. The van der Waals surface area contributed by atoms with Crippen molar-refractivity contribution in [3.05, 3.63) is 0 Å². The van der Waals surface area contributed by atoms with Crippen LogP contribution in [0.4, 0.5) is 0 Å². The monoisotopic (exact) mass is 226 g/mol. The van der Waals surface area contributed by atoms with E-state index in [1.54, 1.807) is 0 Å². The first-order valence-corrected chi connectivity index (χ1v) is 6.92. The van der Waals surface area contributed by atoms with Gasteiger partial charge in [0.25, 0.3) is 0 Å². The fraction of sp³-hybridized carbons (Fsp3) is 1.00. The molecule has 1 heterocycles. The third kappa shape index (κ3) is 2.60. The first kappa shape index (κ1) is 12.4. The quantitative estimate of drug-likeness (QED) is 0.784. The normalized spacial score (nSPS) is 37.9. The molecule has 2 unspecified atom stereocenters. The Labute approximate surface area is 99.4 Å². The van der Waals surface area contributed by atoms with Crippen LogP contribution in [0.25, 0.3) is 0 Å². The van der Waals surface area contributed by atoms with Gasteiger partial charge in [-0.3, -0.25) is 0 Å². The molecule has 0 aromatic heterocycles. The van der Waals surface area contributed by atoms with Crippen LogP contribution in [0.5, 0.6) is 0 Å². The molecule has 1 saturated carbocycles. The summed E-state index contributed by atoms with van der Waals surface area (Å²) in [5.74, 6) is 1.93. The maximum Gasteiger partial charge on any atom is 0.0680 e. The molecule has 1 N–H and O–H groups in total. The van der Waals surface area contributed by atoms with E-state index in [1.807, 2.05) is 0 Å². The highest BCUT2D eigenvalue weighted by Crippen LogP contribution is 2.43. The smallest absolute Gasteiger partial charge is 0.0680 e. The topological polar surface area (TPSA) is 29.5 Å². The summed E-state index contributed by atoms with van der Waals surface area (Å²) in [7, 11) is 0. The highest BCUT2D eigenvalue weighted by Gasteiger charge is 2.41. The third-order valence-electron chi connectivity index (χ3n) is 4.72. The van der Waals surface area contributed by atoms with Crippen molar-refractivity contribution in [3.8, 4) is 0 Å². The molecule has 94 valence electrons. The number of ether oxygens (including phenoxy) is 1. The van der Waals surface area contributed by atoms with Gasteiger partial charge in [-0.05, 0) is 49.9 Å². The van der Waals surface area contributed by atoms with E-state index < -0.39 is 0 Å². The van der Waals surface area contributed by atoms with E-state index in [9.17, 15) is 5.11 Å². The fourth-order valence-electron chi connectivity index (χ4n) is 3.50. The summed E-state index contributed by atoms with van der Waals surface area (Å²) in [6.07, 6.45) is 6.67. The molecule has 0 aromatic carbocycles. The lowest BCUT2D eigenvalue weighted by Gasteiger charge is -2.44. The number of hydrogen-bond donors (Lipinski definition) is 1. The molecule has 2 fully saturated rings. The third-order valence-corrected chi connectivity index (χ3v) is 4.72. The maximum atomic E-state index is 10.9. The Hall–Kier alpha value is -0.0800. The molecular weight excluding hydrogens is 200 g/mol. The maximum absolute atomic E-state index is 10.9. The van der Waals surface area contributed by atoms with Crippen molar-refractivity contribution >= 4 is 0 Å². The SMILES string of the molecule is CC(C)C1CCCC(O)(C2CCOCC2)C1. The minimum absolute atomic E-state index is 0.378. The lowest BCUT2D eigenvalue weighted by molar-refractivity contribution is -0.102. The van der Waals surface area contributed by atoms with Gasteiger partial charge in [0.2, 0.25) is 0 Å². The van der Waals surface area contributed by atoms with E-state index in [-0.39, 0.29) is 5.60 Å². The minimum atomic E-state index is -0.378. The Morgan fingerprint density at radius 1 is 1.19 bits per heavy atom. The Balaban J connectivity index is 1.99. The summed E-state index contributed by atoms with van der Waals surface area (Å²) < 4.78 is 5.40. The summed E-state index contributed by atoms with van der Waals surface area (Å²) in [6.45, 7) is 6.28. The van der Waals surface area contributed by atoms with Gasteiger partial charge < -0.3 is 9.84 Å². The molecular formula is C14H26O2. The van der Waals surface area contributed by atoms with Gasteiger partial charge in [0.1, 0.15) is 0 Å². The fourth-order valence-corrected chi connectivity index (χ4v) is 3.50. The lowest BCUT2D eigenvalue weighted by Crippen LogP contribution is -2.45. The first-order valence-electron chi connectivity index (χ1n) is 6.92. The lowest BCUT2D eigenvalue weighted by atomic mass is 9.67. The second-order valence-corrected chi connectivity index (χ2v) is 6.09. The van der Waals surface area contributed by atoms with Gasteiger partial charge in [-0.1, -0.05) is 20.3 Å². The van der Waals surface area contributed by atoms with Gasteiger partial charge in [-0.2, -0.15) is 0 Å². The van der Waals surface area contributed by atoms with Crippen LogP contribution >= 0.6 is 0 Å². The van der Waals surface area contributed by atoms with Crippen LogP contribution in [-0.2, 0) is 4.74 Å². The van der Waals surface area contributed by atoms with Crippen LogP contribution in [0.15, 0.2) is 0 Å². The Morgan fingerprint density at radius 3 is 2.50 bits per heavy atom. The van der Waals surface area contributed by atoms with Crippen LogP contribution in [0.3, 0.4) is 0 Å². The summed E-state index contributed by atoms with van der Waals surface area (Å²) in [5.41, 5.74) is -0.378. The van der Waals surface area contributed by atoms with Gasteiger partial charge in [-0.15, -0.1) is 0 Å². The Morgan fingerprint density at radius 2 is 1.88 bits per heavy atom. The van der Waals surface area contributed by atoms with E-state index in [2.05, 4.69) is 13.8 Å². The van der Waals surface area contributed by atoms with Crippen molar-refractivity contribution in [2.45, 2.75) is 58.0 Å². The molecule has 1 aliphatic heterocycles. The average molecular weight is 226 g/mol. The molecule has 0 amide bonds. The van der Waals surface area contributed by atoms with Gasteiger partial charge in [-0.25, -0.2) is 0 Å². The predicted octanol–water partition coefficient (Wildman–Crippen LogP) is 2.99. The predicted molar refractivity (Wildman–Crippen MR) is 65.3 cm³/mol. The van der Waals surface area contributed by atoms with E-state index in [1.165, 1.54) is 12.8 Å². The van der Waals surface area contributed by atoms with Crippen LogP contribution in [-0.4, -0.2) is 23.9 Å². The van der Waals surface area contributed by atoms with Crippen LogP contribution < -0.4 is 0 Å². The molecule has 2 atom stereocenters. The highest BCUT2D eigenvalue weighted by atomic mass is 16.5. The summed E-state index contributed by atoms with van der Waals surface area (Å²) in [6, 6.07) is 0. The van der Waals surface area contributed by atoms with Crippen LogP contribution in [0, 0.1) is 17.8 Å². The van der Waals surface area contributed by atoms with E-state index in [4.69, 9.17) is 4.74 Å². The summed E-state index contributed by atoms with van der Waals surface area (Å²) in [5, 5.41) is 10.9. The highest BCUT2D eigenvalue weighted by molar-refractivity contribution is 4.93. The van der Waals surface area contributed by atoms with Crippen molar-refractivity contribution < 1.29 is 9.84 Å². The standard InChI is InChI=1S/C14H26O2/c1-11(2)12-4-3-7-14(15,10-12)13-5-8-16-9-6-13/h11-13,15H,3-10H2,1-2H3. The molecule has 0 spiro atoms. The van der Waals surface area contributed by atoms with Crippen molar-refractivity contribution in [2.75, 3.05) is 13.2 Å². The van der Waals surface area contributed by atoms with Crippen molar-refractivity contribution in [1.29, 1.82) is 0 Å². The molecule has 0 radical (unpaired) electrons. The van der Waals surface area contributed by atoms with E-state index in [0.29, 0.717) is 11.8 Å². The van der Waals surface area contributed by atoms with Crippen LogP contribution in [0.2, 0.25) is 0 Å². The van der Waals surface area contributed by atoms with Crippen molar-refractivity contribution in [1.82, 2.24) is 0 Å². The zero-order valence-corrected chi connectivity index (χ0v) is 10.7. The molecule has 2 nitrogen and oxygen atoms in total. The molecule has 0 bridgehead atoms. The van der Waals surface area contributed by atoms with E-state index >= 15 is 0 Å². The minimum Gasteiger partial charge on any atom is -0.390 e. The molecule has 16 heavy (non-hydrogen) atoms. The van der Waals surface area contributed by atoms with Crippen LogP contribution in [0.1, 0.15) is 52.4 Å². The van der Waals surface area contributed by atoms with Gasteiger partial charge >= 0.3 is 0 Å². The van der Waals surface area contributed by atoms with Crippen molar-refractivity contribution in [2.24, 2.45) is 17.8 Å². The number of rotatable bonds is 2. The Bertz CT molecular complexity index is 221. The molecule has 2 heteroatoms. The van der Waals surface area contributed by atoms with Gasteiger partial charge in [0.05, 0.1) is 5.60 Å². The largest absolute Gasteiger partial charge is 0.390 e. The second kappa shape index (κ2) is 5.05. The summed E-state index contributed by atoms with van der Waals surface area (Å²) in [4.78, 5) is 0. The zero-order chi connectivity index (χ0) is 11.6. The average Bonchev–Trinajstić information content (AvgIpc) is 2.30. The summed E-state index contributed by atoms with van der Waals surface area (Å²) >= 11 is 0. The number of aliphatic hydroxyl groups is 1. The molecule has 1 saturated heterocycles. The first-order chi connectivity index (χ1) is 7.62.